The zero-order valence-corrected chi connectivity index (χ0v) is 19.0. The van der Waals surface area contributed by atoms with Gasteiger partial charge in [-0.15, -0.1) is 0 Å². The molecule has 4 fully saturated rings. The zero-order valence-electron chi connectivity index (χ0n) is 19.0. The van der Waals surface area contributed by atoms with Gasteiger partial charge in [-0.2, -0.15) is 0 Å². The first-order chi connectivity index (χ1) is 14.3. The Bertz CT molecular complexity index is 847. The number of fused-ring (bicyclic) bond motifs is 3. The largest absolute Gasteiger partial charge is 0.462 e. The van der Waals surface area contributed by atoms with Crippen molar-refractivity contribution >= 4 is 17.7 Å². The van der Waals surface area contributed by atoms with Crippen LogP contribution >= 0.6 is 0 Å². The predicted molar refractivity (Wildman–Crippen MR) is 111 cm³/mol. The van der Waals surface area contributed by atoms with E-state index >= 15 is 0 Å². The van der Waals surface area contributed by atoms with Crippen molar-refractivity contribution in [2.75, 3.05) is 0 Å². The summed E-state index contributed by atoms with van der Waals surface area (Å²) in [5.41, 5.74) is -2.21. The van der Waals surface area contributed by atoms with E-state index < -0.39 is 59.0 Å². The highest BCUT2D eigenvalue weighted by Gasteiger charge is 2.78. The fraction of sp³-hybridized carbons (Fsp3) is 0.792. The number of carbonyl (C=O) groups is 3. The maximum absolute atomic E-state index is 13.6. The lowest BCUT2D eigenvalue weighted by Gasteiger charge is -2.67. The van der Waals surface area contributed by atoms with Gasteiger partial charge in [0, 0.05) is 31.1 Å². The molecule has 31 heavy (non-hydrogen) atoms. The molecule has 0 aliphatic heterocycles. The van der Waals surface area contributed by atoms with E-state index in [1.54, 1.807) is 0 Å². The minimum Gasteiger partial charge on any atom is -0.462 e. The van der Waals surface area contributed by atoms with Gasteiger partial charge in [0.05, 0.1) is 17.6 Å². The topological polar surface area (TPSA) is 110 Å². The summed E-state index contributed by atoms with van der Waals surface area (Å²) >= 11 is 0. The molecule has 4 aliphatic carbocycles. The lowest BCUT2D eigenvalue weighted by molar-refractivity contribution is -0.279. The molecule has 7 heteroatoms. The molecule has 0 aromatic carbocycles. The van der Waals surface area contributed by atoms with Crippen molar-refractivity contribution in [1.29, 1.82) is 0 Å². The number of ketones is 1. The Morgan fingerprint density at radius 3 is 2.26 bits per heavy atom. The van der Waals surface area contributed by atoms with Crippen LogP contribution in [0.2, 0.25) is 0 Å². The fourth-order valence-corrected chi connectivity index (χ4v) is 8.04. The van der Waals surface area contributed by atoms with E-state index in [-0.39, 0.29) is 29.1 Å². The highest BCUT2D eigenvalue weighted by atomic mass is 16.6. The molecule has 1 spiro atoms. The quantitative estimate of drug-likeness (QED) is 0.506. The molecule has 0 saturated heterocycles. The van der Waals surface area contributed by atoms with Crippen LogP contribution in [0.15, 0.2) is 12.2 Å². The van der Waals surface area contributed by atoms with Crippen LogP contribution in [-0.2, 0) is 23.9 Å². The molecule has 4 rings (SSSR count). The smallest absolute Gasteiger partial charge is 0.302 e. The minimum absolute atomic E-state index is 0.104. The van der Waals surface area contributed by atoms with E-state index in [0.717, 1.165) is 6.42 Å². The molecule has 0 aromatic heterocycles. The van der Waals surface area contributed by atoms with Gasteiger partial charge in [-0.1, -0.05) is 27.4 Å². The molecule has 9 atom stereocenters. The van der Waals surface area contributed by atoms with Crippen molar-refractivity contribution in [1.82, 2.24) is 0 Å². The maximum atomic E-state index is 13.6. The molecular formula is C24H34O7. The number of carbonyl (C=O) groups excluding carboxylic acids is 3. The van der Waals surface area contributed by atoms with Gasteiger partial charge in [-0.25, -0.2) is 0 Å². The lowest BCUT2D eigenvalue weighted by Crippen LogP contribution is -2.73. The van der Waals surface area contributed by atoms with Gasteiger partial charge >= 0.3 is 11.9 Å². The maximum Gasteiger partial charge on any atom is 0.302 e. The third-order valence-corrected chi connectivity index (χ3v) is 9.12. The second-order valence-corrected chi connectivity index (χ2v) is 11.0. The SMILES string of the molecule is C=C1C(=O)[C@]23[C@H](O)C[C@@H]4C(C)(C)CC[C@@H](OC(C)=O)[C@@]4(C)[C@@H]2[C@@H](OC(C)=O)C[C@@H]1[C@H]3O. The Morgan fingerprint density at radius 2 is 1.68 bits per heavy atom. The molecule has 2 N–H and O–H groups in total. The van der Waals surface area contributed by atoms with E-state index in [9.17, 15) is 24.6 Å². The monoisotopic (exact) mass is 434 g/mol. The second-order valence-electron chi connectivity index (χ2n) is 11.0. The van der Waals surface area contributed by atoms with Crippen molar-refractivity contribution in [2.45, 2.75) is 84.7 Å². The Morgan fingerprint density at radius 1 is 1.06 bits per heavy atom. The van der Waals surface area contributed by atoms with Gasteiger partial charge in [-0.3, -0.25) is 14.4 Å². The molecule has 0 amide bonds. The molecule has 0 heterocycles. The van der Waals surface area contributed by atoms with Gasteiger partial charge < -0.3 is 19.7 Å². The molecule has 0 radical (unpaired) electrons. The van der Waals surface area contributed by atoms with Gasteiger partial charge in [0.15, 0.2) is 5.78 Å². The lowest BCUT2D eigenvalue weighted by atomic mass is 9.38. The summed E-state index contributed by atoms with van der Waals surface area (Å²) in [6.45, 7) is 12.9. The van der Waals surface area contributed by atoms with Gasteiger partial charge in [0.25, 0.3) is 0 Å². The molecule has 4 aliphatic rings. The van der Waals surface area contributed by atoms with Crippen LogP contribution in [0.3, 0.4) is 0 Å². The Labute approximate surface area is 183 Å². The Hall–Kier alpha value is -1.73. The van der Waals surface area contributed by atoms with Crippen LogP contribution in [-0.4, -0.2) is 52.4 Å². The summed E-state index contributed by atoms with van der Waals surface area (Å²) in [4.78, 5) is 37.7. The Kier molecular flexibility index (Phi) is 4.99. The average Bonchev–Trinajstić information content (AvgIpc) is 2.76. The number of esters is 2. The van der Waals surface area contributed by atoms with E-state index in [1.807, 2.05) is 6.92 Å². The highest BCUT2D eigenvalue weighted by Crippen LogP contribution is 2.71. The van der Waals surface area contributed by atoms with Crippen LogP contribution in [0.5, 0.6) is 0 Å². The molecule has 0 unspecified atom stereocenters. The van der Waals surface area contributed by atoms with Crippen LogP contribution in [0.25, 0.3) is 0 Å². The first kappa shape index (κ1) is 22.5. The highest BCUT2D eigenvalue weighted by molar-refractivity contribution is 6.04. The van der Waals surface area contributed by atoms with E-state index in [4.69, 9.17) is 9.47 Å². The number of aliphatic hydroxyl groups is 2. The first-order valence-corrected chi connectivity index (χ1v) is 11.2. The third kappa shape index (κ3) is 2.75. The van der Waals surface area contributed by atoms with Crippen molar-refractivity contribution in [3.8, 4) is 0 Å². The standard InChI is InChI=1S/C24H34O7/c1-11-14-9-15(30-12(2)25)19-23(6)16(10-17(27)24(19,20(11)28)21(14)29)22(4,5)8-7-18(23)31-13(3)26/h14-19,21,27,29H,1,7-10H2,2-6H3/t14-,15-,16+,17+,18+,19-,21+,23-,24-/m0/s1. The zero-order chi connectivity index (χ0) is 23.1. The number of aliphatic hydroxyl groups excluding tert-OH is 2. The number of rotatable bonds is 2. The second kappa shape index (κ2) is 6.88. The van der Waals surface area contributed by atoms with Crippen molar-refractivity contribution in [3.05, 3.63) is 12.2 Å². The van der Waals surface area contributed by atoms with Crippen molar-refractivity contribution in [2.24, 2.45) is 34.0 Å². The number of hydrogen-bond acceptors (Lipinski definition) is 7. The number of ether oxygens (including phenoxy) is 2. The summed E-state index contributed by atoms with van der Waals surface area (Å²) in [5.74, 6) is -2.60. The summed E-state index contributed by atoms with van der Waals surface area (Å²) in [7, 11) is 0. The van der Waals surface area contributed by atoms with Crippen LogP contribution in [0, 0.1) is 34.0 Å². The molecular weight excluding hydrogens is 400 g/mol. The molecule has 172 valence electrons. The number of Topliss-reactive ketones (excluding diaryl/α,β-unsaturated/α-hetero) is 1. The third-order valence-electron chi connectivity index (χ3n) is 9.12. The van der Waals surface area contributed by atoms with Crippen LogP contribution < -0.4 is 0 Å². The van der Waals surface area contributed by atoms with E-state index in [1.165, 1.54) is 13.8 Å². The van der Waals surface area contributed by atoms with Gasteiger partial charge in [-0.05, 0) is 42.6 Å². The van der Waals surface area contributed by atoms with Crippen LogP contribution in [0.1, 0.15) is 60.3 Å². The normalized spacial score (nSPS) is 47.9. The van der Waals surface area contributed by atoms with E-state index in [0.29, 0.717) is 12.8 Å². The molecule has 2 bridgehead atoms. The summed E-state index contributed by atoms with van der Waals surface area (Å²) in [5, 5.41) is 22.8. The molecule has 7 nitrogen and oxygen atoms in total. The molecule has 0 aromatic rings. The minimum atomic E-state index is -1.52. The predicted octanol–water partition coefficient (Wildman–Crippen LogP) is 2.18. The summed E-state index contributed by atoms with van der Waals surface area (Å²) in [6, 6.07) is 0. The Balaban J connectivity index is 1.97. The first-order valence-electron chi connectivity index (χ1n) is 11.2. The van der Waals surface area contributed by atoms with Gasteiger partial charge in [0.2, 0.25) is 0 Å². The fourth-order valence-electron chi connectivity index (χ4n) is 8.04. The van der Waals surface area contributed by atoms with Crippen molar-refractivity contribution in [3.63, 3.8) is 0 Å². The summed E-state index contributed by atoms with van der Waals surface area (Å²) in [6.07, 6.45) is -1.46. The molecule has 4 saturated carbocycles. The average molecular weight is 435 g/mol. The van der Waals surface area contributed by atoms with Crippen molar-refractivity contribution < 1.29 is 34.1 Å². The summed E-state index contributed by atoms with van der Waals surface area (Å²) < 4.78 is 11.6. The van der Waals surface area contributed by atoms with E-state index in [2.05, 4.69) is 20.4 Å². The van der Waals surface area contributed by atoms with Gasteiger partial charge in [0.1, 0.15) is 12.2 Å². The van der Waals surface area contributed by atoms with Crippen LogP contribution in [0.4, 0.5) is 0 Å². The number of hydrogen-bond donors (Lipinski definition) is 2.